The van der Waals surface area contributed by atoms with Crippen LogP contribution in [0.1, 0.15) is 43.0 Å². The van der Waals surface area contributed by atoms with E-state index in [0.717, 1.165) is 12.1 Å². The average molecular weight is 227 g/mol. The molecule has 0 unspecified atom stereocenters. The van der Waals surface area contributed by atoms with Crippen molar-refractivity contribution in [1.82, 2.24) is 4.98 Å². The van der Waals surface area contributed by atoms with E-state index in [1.807, 2.05) is 0 Å². The zero-order valence-electron chi connectivity index (χ0n) is 9.22. The van der Waals surface area contributed by atoms with Crippen LogP contribution in [-0.2, 0) is 0 Å². The first kappa shape index (κ1) is 11.3. The highest BCUT2D eigenvalue weighted by atomic mass is 19.3. The normalized spacial score (nSPS) is 24.3. The van der Waals surface area contributed by atoms with Crippen molar-refractivity contribution in [1.29, 1.82) is 0 Å². The number of pyridine rings is 1. The molecule has 0 amide bonds. The predicted octanol–water partition coefficient (Wildman–Crippen LogP) is 2.98. The molecule has 88 valence electrons. The number of nitrogens with one attached hydrogen (secondary N) is 1. The Kier molecular flexibility index (Phi) is 2.82. The first-order valence-electron chi connectivity index (χ1n) is 5.55. The minimum absolute atomic E-state index is 0.0282. The molecule has 1 heterocycles. The first-order valence-corrected chi connectivity index (χ1v) is 5.55. The third kappa shape index (κ3) is 2.49. The van der Waals surface area contributed by atoms with Crippen LogP contribution >= 0.6 is 0 Å². The molecule has 4 heteroatoms. The molecule has 1 aliphatic carbocycles. The summed E-state index contributed by atoms with van der Waals surface area (Å²) < 4.78 is 26.5. The monoisotopic (exact) mass is 227 g/mol. The van der Waals surface area contributed by atoms with Crippen LogP contribution in [0.25, 0.3) is 0 Å². The van der Waals surface area contributed by atoms with Crippen LogP contribution < -0.4 is 5.43 Å². The lowest BCUT2D eigenvalue weighted by atomic mass is 9.84. The molecule has 0 radical (unpaired) electrons. The molecule has 1 aromatic rings. The Hall–Kier alpha value is -1.19. The highest BCUT2D eigenvalue weighted by Gasteiger charge is 2.37. The molecule has 1 aliphatic rings. The summed E-state index contributed by atoms with van der Waals surface area (Å²) in [4.78, 5) is 14.3. The van der Waals surface area contributed by atoms with Crippen LogP contribution in [0.4, 0.5) is 8.78 Å². The van der Waals surface area contributed by atoms with E-state index in [4.69, 9.17) is 0 Å². The molecular formula is C12H15F2NO. The lowest BCUT2D eigenvalue weighted by Gasteiger charge is -2.28. The van der Waals surface area contributed by atoms with Crippen molar-refractivity contribution in [3.8, 4) is 0 Å². The number of aromatic nitrogens is 1. The maximum atomic E-state index is 13.2. The van der Waals surface area contributed by atoms with Gasteiger partial charge in [0.2, 0.25) is 5.92 Å². The Morgan fingerprint density at radius 2 is 2.19 bits per heavy atom. The maximum absolute atomic E-state index is 13.2. The fourth-order valence-electron chi connectivity index (χ4n) is 2.37. The third-order valence-corrected chi connectivity index (χ3v) is 3.08. The minimum Gasteiger partial charge on any atom is -0.362 e. The summed E-state index contributed by atoms with van der Waals surface area (Å²) in [6.45, 7) is 1.77. The highest BCUT2D eigenvalue weighted by Crippen LogP contribution is 2.40. The molecule has 0 saturated heterocycles. The summed E-state index contributed by atoms with van der Waals surface area (Å²) in [5.41, 5.74) is 1.28. The van der Waals surface area contributed by atoms with Gasteiger partial charge in [-0.3, -0.25) is 4.79 Å². The SMILES string of the molecule is Cc1cc(=O)cc([C@H]2CCCC(F)(F)C2)[nH]1. The van der Waals surface area contributed by atoms with Gasteiger partial charge in [0.15, 0.2) is 5.43 Å². The van der Waals surface area contributed by atoms with Crippen LogP contribution in [0.2, 0.25) is 0 Å². The highest BCUT2D eigenvalue weighted by molar-refractivity contribution is 5.15. The average Bonchev–Trinajstić information content (AvgIpc) is 2.14. The summed E-state index contributed by atoms with van der Waals surface area (Å²) in [6.07, 6.45) is 1.08. The van der Waals surface area contributed by atoms with Gasteiger partial charge in [-0.2, -0.15) is 0 Å². The van der Waals surface area contributed by atoms with Crippen molar-refractivity contribution in [3.05, 3.63) is 33.7 Å². The summed E-state index contributed by atoms with van der Waals surface area (Å²) in [5.74, 6) is -2.79. The first-order chi connectivity index (χ1) is 7.46. The van der Waals surface area contributed by atoms with Crippen LogP contribution in [-0.4, -0.2) is 10.9 Å². The summed E-state index contributed by atoms with van der Waals surface area (Å²) in [5, 5.41) is 0. The van der Waals surface area contributed by atoms with Gasteiger partial charge in [-0.05, 0) is 19.8 Å². The standard InChI is InChI=1S/C12H15F2NO/c1-8-5-10(16)6-11(15-8)9-3-2-4-12(13,14)7-9/h5-6,9H,2-4,7H2,1H3,(H,15,16)/t9-/m0/s1. The molecule has 2 nitrogen and oxygen atoms in total. The predicted molar refractivity (Wildman–Crippen MR) is 58.0 cm³/mol. The molecule has 1 aromatic heterocycles. The van der Waals surface area contributed by atoms with Gasteiger partial charge in [0.05, 0.1) is 0 Å². The van der Waals surface area contributed by atoms with Gasteiger partial charge in [0.1, 0.15) is 0 Å². The summed E-state index contributed by atoms with van der Waals surface area (Å²) in [7, 11) is 0. The zero-order valence-corrected chi connectivity index (χ0v) is 9.22. The van der Waals surface area contributed by atoms with Crippen LogP contribution in [0.15, 0.2) is 16.9 Å². The van der Waals surface area contributed by atoms with E-state index in [-0.39, 0.29) is 24.2 Å². The topological polar surface area (TPSA) is 32.9 Å². The molecule has 0 bridgehead atoms. The maximum Gasteiger partial charge on any atom is 0.248 e. The van der Waals surface area contributed by atoms with E-state index in [0.29, 0.717) is 12.1 Å². The minimum atomic E-state index is -2.58. The lowest BCUT2D eigenvalue weighted by Crippen LogP contribution is -2.26. The van der Waals surface area contributed by atoms with E-state index in [9.17, 15) is 13.6 Å². The van der Waals surface area contributed by atoms with Crippen molar-refractivity contribution in [2.75, 3.05) is 0 Å². The van der Waals surface area contributed by atoms with E-state index < -0.39 is 5.92 Å². The largest absolute Gasteiger partial charge is 0.362 e. The van der Waals surface area contributed by atoms with Crippen LogP contribution in [0.5, 0.6) is 0 Å². The van der Waals surface area contributed by atoms with Crippen LogP contribution in [0, 0.1) is 6.92 Å². The molecule has 1 atom stereocenters. The van der Waals surface area contributed by atoms with E-state index >= 15 is 0 Å². The van der Waals surface area contributed by atoms with E-state index in [2.05, 4.69) is 4.98 Å². The number of rotatable bonds is 1. The Morgan fingerprint density at radius 1 is 1.44 bits per heavy atom. The van der Waals surface area contributed by atoms with Crippen molar-refractivity contribution in [2.24, 2.45) is 0 Å². The second kappa shape index (κ2) is 4.00. The van der Waals surface area contributed by atoms with Crippen molar-refractivity contribution in [3.63, 3.8) is 0 Å². The number of halogens is 2. The van der Waals surface area contributed by atoms with Crippen molar-refractivity contribution in [2.45, 2.75) is 44.4 Å². The Labute approximate surface area is 92.7 Å². The molecule has 2 rings (SSSR count). The van der Waals surface area contributed by atoms with E-state index in [1.165, 1.54) is 12.1 Å². The van der Waals surface area contributed by atoms with Gasteiger partial charge in [-0.25, -0.2) is 8.78 Å². The number of hydrogen-bond donors (Lipinski definition) is 1. The fraction of sp³-hybridized carbons (Fsp3) is 0.583. The van der Waals surface area contributed by atoms with Gasteiger partial charge < -0.3 is 4.98 Å². The van der Waals surface area contributed by atoms with Gasteiger partial charge in [-0.1, -0.05) is 0 Å². The van der Waals surface area contributed by atoms with Gasteiger partial charge in [-0.15, -0.1) is 0 Å². The Bertz CT molecular complexity index is 439. The second-order valence-electron chi connectivity index (χ2n) is 4.60. The second-order valence-corrected chi connectivity index (χ2v) is 4.60. The smallest absolute Gasteiger partial charge is 0.248 e. The molecule has 16 heavy (non-hydrogen) atoms. The quantitative estimate of drug-likeness (QED) is 0.786. The molecule has 1 saturated carbocycles. The lowest BCUT2D eigenvalue weighted by molar-refractivity contribution is -0.0412. The van der Waals surface area contributed by atoms with E-state index in [1.54, 1.807) is 6.92 Å². The molecule has 1 fully saturated rings. The Morgan fingerprint density at radius 3 is 2.81 bits per heavy atom. The van der Waals surface area contributed by atoms with Crippen molar-refractivity contribution < 1.29 is 8.78 Å². The zero-order chi connectivity index (χ0) is 11.8. The summed E-state index contributed by atoms with van der Waals surface area (Å²) in [6, 6.07) is 2.92. The van der Waals surface area contributed by atoms with Gasteiger partial charge >= 0.3 is 0 Å². The number of H-pyrrole nitrogens is 1. The molecule has 0 spiro atoms. The molecule has 1 N–H and O–H groups in total. The van der Waals surface area contributed by atoms with Crippen LogP contribution in [0.3, 0.4) is 0 Å². The Balaban J connectivity index is 2.27. The molecular weight excluding hydrogens is 212 g/mol. The van der Waals surface area contributed by atoms with Crippen molar-refractivity contribution >= 4 is 0 Å². The number of aromatic amines is 1. The number of alkyl halides is 2. The fourth-order valence-corrected chi connectivity index (χ4v) is 2.37. The molecule has 0 aromatic carbocycles. The third-order valence-electron chi connectivity index (χ3n) is 3.08. The van der Waals surface area contributed by atoms with Gasteiger partial charge in [0.25, 0.3) is 0 Å². The summed E-state index contributed by atoms with van der Waals surface area (Å²) >= 11 is 0. The number of aryl methyl sites for hydroxylation is 1. The van der Waals surface area contributed by atoms with Gasteiger partial charge in [0, 0.05) is 42.3 Å². The molecule has 0 aliphatic heterocycles. The number of hydrogen-bond acceptors (Lipinski definition) is 1.